The zero-order valence-corrected chi connectivity index (χ0v) is 8.35. The molecular weight excluding hydrogens is 203 g/mol. The van der Waals surface area contributed by atoms with Gasteiger partial charge in [-0.3, -0.25) is 0 Å². The molecule has 0 aromatic heterocycles. The van der Waals surface area contributed by atoms with Crippen LogP contribution in [-0.2, 0) is 6.18 Å². The van der Waals surface area contributed by atoms with Crippen LogP contribution >= 0.6 is 0 Å². The molecule has 1 aromatic rings. The lowest BCUT2D eigenvalue weighted by Gasteiger charge is -2.03. The number of halogens is 3. The van der Waals surface area contributed by atoms with Gasteiger partial charge in [0, 0.05) is 0 Å². The summed E-state index contributed by atoms with van der Waals surface area (Å²) in [5.74, 6) is 0. The molecule has 0 saturated carbocycles. The first kappa shape index (κ1) is 12.0. The normalized spacial score (nSPS) is 15.7. The van der Waals surface area contributed by atoms with Crippen molar-refractivity contribution in [1.82, 2.24) is 5.32 Å². The van der Waals surface area contributed by atoms with Crippen molar-refractivity contribution in [1.29, 1.82) is 0 Å². The Morgan fingerprint density at radius 1 is 0.933 bits per heavy atom. The minimum Gasteiger partial charge on any atom is -0.317 e. The third-order valence-corrected chi connectivity index (χ3v) is 2.06. The van der Waals surface area contributed by atoms with Gasteiger partial charge >= 0.3 is 6.18 Å². The fourth-order valence-electron chi connectivity index (χ4n) is 1.25. The number of hydrogen-bond acceptors (Lipinski definition) is 1. The number of hydrogen-bond donors (Lipinski definition) is 1. The summed E-state index contributed by atoms with van der Waals surface area (Å²) in [5.41, 5.74) is -0.602. The highest BCUT2D eigenvalue weighted by Crippen LogP contribution is 2.28. The molecule has 1 aliphatic heterocycles. The largest absolute Gasteiger partial charge is 0.416 e. The summed E-state index contributed by atoms with van der Waals surface area (Å²) >= 11 is 0. The van der Waals surface area contributed by atoms with Gasteiger partial charge in [0.25, 0.3) is 0 Å². The van der Waals surface area contributed by atoms with Gasteiger partial charge in [-0.15, -0.1) is 0 Å². The molecule has 0 radical (unpaired) electrons. The van der Waals surface area contributed by atoms with Crippen LogP contribution in [0.15, 0.2) is 30.3 Å². The van der Waals surface area contributed by atoms with Crippen LogP contribution in [0.5, 0.6) is 0 Å². The smallest absolute Gasteiger partial charge is 0.317 e. The van der Waals surface area contributed by atoms with Crippen molar-refractivity contribution in [2.24, 2.45) is 0 Å². The van der Waals surface area contributed by atoms with Crippen LogP contribution in [0, 0.1) is 0 Å². The number of rotatable bonds is 0. The second-order valence-corrected chi connectivity index (χ2v) is 3.32. The molecule has 15 heavy (non-hydrogen) atoms. The summed E-state index contributed by atoms with van der Waals surface area (Å²) in [7, 11) is 0. The average Bonchev–Trinajstić information content (AvgIpc) is 2.76. The van der Waals surface area contributed by atoms with Gasteiger partial charge in [0.1, 0.15) is 0 Å². The predicted octanol–water partition coefficient (Wildman–Crippen LogP) is 3.08. The maximum absolute atomic E-state index is 11.8. The third kappa shape index (κ3) is 4.83. The maximum atomic E-state index is 11.8. The number of benzene rings is 1. The molecule has 1 nitrogen and oxygen atoms in total. The van der Waals surface area contributed by atoms with E-state index in [-0.39, 0.29) is 0 Å². The molecule has 1 aliphatic rings. The predicted molar refractivity (Wildman–Crippen MR) is 53.5 cm³/mol. The van der Waals surface area contributed by atoms with Crippen molar-refractivity contribution >= 4 is 0 Å². The molecule has 0 aliphatic carbocycles. The number of nitrogens with one attached hydrogen (secondary N) is 1. The van der Waals surface area contributed by atoms with E-state index in [1.54, 1.807) is 6.07 Å². The molecule has 0 bridgehead atoms. The van der Waals surface area contributed by atoms with E-state index in [1.807, 2.05) is 0 Å². The van der Waals surface area contributed by atoms with Gasteiger partial charge in [-0.25, -0.2) is 0 Å². The first-order chi connectivity index (χ1) is 7.11. The van der Waals surface area contributed by atoms with E-state index >= 15 is 0 Å². The summed E-state index contributed by atoms with van der Waals surface area (Å²) in [4.78, 5) is 0. The fourth-order valence-corrected chi connectivity index (χ4v) is 1.25. The zero-order valence-electron chi connectivity index (χ0n) is 8.35. The van der Waals surface area contributed by atoms with Gasteiger partial charge in [0.05, 0.1) is 5.56 Å². The second-order valence-electron chi connectivity index (χ2n) is 3.32. The van der Waals surface area contributed by atoms with E-state index in [0.29, 0.717) is 0 Å². The molecule has 1 fully saturated rings. The molecule has 84 valence electrons. The highest BCUT2D eigenvalue weighted by Gasteiger charge is 2.29. The van der Waals surface area contributed by atoms with E-state index < -0.39 is 11.7 Å². The van der Waals surface area contributed by atoms with Crippen molar-refractivity contribution in [2.75, 3.05) is 13.1 Å². The molecule has 2 rings (SSSR count). The van der Waals surface area contributed by atoms with Crippen molar-refractivity contribution in [3.05, 3.63) is 35.9 Å². The van der Waals surface area contributed by atoms with Crippen LogP contribution in [0.4, 0.5) is 13.2 Å². The van der Waals surface area contributed by atoms with Gasteiger partial charge < -0.3 is 5.32 Å². The Morgan fingerprint density at radius 2 is 1.47 bits per heavy atom. The summed E-state index contributed by atoms with van der Waals surface area (Å²) in [6, 6.07) is 6.36. The summed E-state index contributed by atoms with van der Waals surface area (Å²) in [5, 5.41) is 3.22. The standard InChI is InChI=1S/C7H5F3.C4H9N/c8-7(9,10)6-4-2-1-3-5-6;1-2-4-5-3-1/h1-5H;5H,1-4H2. The third-order valence-electron chi connectivity index (χ3n) is 2.06. The fraction of sp³-hybridized carbons (Fsp3) is 0.455. The molecule has 0 amide bonds. The molecule has 0 unspecified atom stereocenters. The SMILES string of the molecule is C1CCNC1.FC(F)(F)c1ccccc1. The first-order valence-corrected chi connectivity index (χ1v) is 4.93. The highest BCUT2D eigenvalue weighted by atomic mass is 19.4. The minimum absolute atomic E-state index is 0.602. The van der Waals surface area contributed by atoms with Crippen molar-refractivity contribution in [3.63, 3.8) is 0 Å². The molecule has 1 heterocycles. The minimum atomic E-state index is -4.21. The lowest BCUT2D eigenvalue weighted by Crippen LogP contribution is -2.03. The highest BCUT2D eigenvalue weighted by molar-refractivity contribution is 5.17. The van der Waals surface area contributed by atoms with Crippen LogP contribution in [0.2, 0.25) is 0 Å². The topological polar surface area (TPSA) is 12.0 Å². The Hall–Kier alpha value is -1.03. The Labute approximate surface area is 87.3 Å². The summed E-state index contributed by atoms with van der Waals surface area (Å²) in [6.07, 6.45) is -1.43. The Bertz CT molecular complexity index is 257. The summed E-state index contributed by atoms with van der Waals surface area (Å²) < 4.78 is 35.4. The molecule has 1 saturated heterocycles. The molecule has 1 N–H and O–H groups in total. The zero-order chi connectivity index (χ0) is 11.1. The Kier molecular flexibility index (Phi) is 4.62. The monoisotopic (exact) mass is 217 g/mol. The van der Waals surface area contributed by atoms with Gasteiger partial charge in [0.15, 0.2) is 0 Å². The van der Waals surface area contributed by atoms with Gasteiger partial charge in [-0.1, -0.05) is 30.3 Å². The van der Waals surface area contributed by atoms with E-state index in [1.165, 1.54) is 38.1 Å². The molecule has 1 aromatic carbocycles. The van der Waals surface area contributed by atoms with Gasteiger partial charge in [-0.05, 0) is 25.9 Å². The molecule has 4 heteroatoms. The van der Waals surface area contributed by atoms with Gasteiger partial charge in [-0.2, -0.15) is 13.2 Å². The summed E-state index contributed by atoms with van der Waals surface area (Å²) in [6.45, 7) is 2.50. The van der Waals surface area contributed by atoms with Crippen molar-refractivity contribution < 1.29 is 13.2 Å². The van der Waals surface area contributed by atoms with Gasteiger partial charge in [0.2, 0.25) is 0 Å². The first-order valence-electron chi connectivity index (χ1n) is 4.93. The van der Waals surface area contributed by atoms with Crippen molar-refractivity contribution in [3.8, 4) is 0 Å². The Balaban J connectivity index is 0.000000187. The van der Waals surface area contributed by atoms with Crippen LogP contribution < -0.4 is 5.32 Å². The maximum Gasteiger partial charge on any atom is 0.416 e. The van der Waals surface area contributed by atoms with E-state index in [9.17, 15) is 13.2 Å². The quantitative estimate of drug-likeness (QED) is 0.704. The van der Waals surface area contributed by atoms with E-state index in [2.05, 4.69) is 5.32 Å². The van der Waals surface area contributed by atoms with Crippen molar-refractivity contribution in [2.45, 2.75) is 19.0 Å². The van der Waals surface area contributed by atoms with Crippen LogP contribution in [-0.4, -0.2) is 13.1 Å². The lowest BCUT2D eigenvalue weighted by atomic mass is 10.2. The molecule has 0 atom stereocenters. The molecule has 0 spiro atoms. The van der Waals surface area contributed by atoms with Crippen LogP contribution in [0.1, 0.15) is 18.4 Å². The number of alkyl halides is 3. The average molecular weight is 217 g/mol. The second kappa shape index (κ2) is 5.75. The lowest BCUT2D eigenvalue weighted by molar-refractivity contribution is -0.137. The van der Waals surface area contributed by atoms with E-state index in [0.717, 1.165) is 12.1 Å². The Morgan fingerprint density at radius 3 is 1.73 bits per heavy atom. The van der Waals surface area contributed by atoms with E-state index in [4.69, 9.17) is 0 Å². The van der Waals surface area contributed by atoms with Crippen LogP contribution in [0.3, 0.4) is 0 Å². The molecular formula is C11H14F3N. The van der Waals surface area contributed by atoms with Crippen LogP contribution in [0.25, 0.3) is 0 Å².